The lowest BCUT2D eigenvalue weighted by molar-refractivity contribution is -0.139. The number of amides is 1. The van der Waals surface area contributed by atoms with Gasteiger partial charge in [-0.05, 0) is 12.5 Å². The summed E-state index contributed by atoms with van der Waals surface area (Å²) >= 11 is 5.82. The van der Waals surface area contributed by atoms with Crippen molar-refractivity contribution < 1.29 is 14.7 Å². The lowest BCUT2D eigenvalue weighted by Gasteiger charge is -2.05. The average Bonchev–Trinajstić information content (AvgIpc) is 3.01. The summed E-state index contributed by atoms with van der Waals surface area (Å²) < 4.78 is 0. The zero-order valence-corrected chi connectivity index (χ0v) is 8.94. The van der Waals surface area contributed by atoms with Crippen LogP contribution in [0.25, 0.3) is 0 Å². The van der Waals surface area contributed by atoms with E-state index in [9.17, 15) is 9.59 Å². The van der Waals surface area contributed by atoms with E-state index in [4.69, 9.17) is 16.7 Å². The van der Waals surface area contributed by atoms with Crippen LogP contribution in [0.1, 0.15) is 6.42 Å². The molecule has 16 heavy (non-hydrogen) atoms. The topological polar surface area (TPSA) is 79.3 Å². The molecule has 2 unspecified atom stereocenters. The summed E-state index contributed by atoms with van der Waals surface area (Å²) in [6.45, 7) is 0. The molecule has 2 atom stereocenters. The van der Waals surface area contributed by atoms with E-state index in [0.29, 0.717) is 17.1 Å². The molecule has 1 aliphatic rings. The van der Waals surface area contributed by atoms with Crippen molar-refractivity contribution in [2.24, 2.45) is 11.8 Å². The molecule has 1 aliphatic carbocycles. The minimum atomic E-state index is -0.933. The largest absolute Gasteiger partial charge is 0.481 e. The number of rotatable bonds is 3. The molecule has 0 radical (unpaired) electrons. The quantitative estimate of drug-likeness (QED) is 0.837. The number of aromatic nitrogens is 1. The van der Waals surface area contributed by atoms with E-state index in [1.54, 1.807) is 6.07 Å². The molecule has 5 nitrogen and oxygen atoms in total. The first-order valence-corrected chi connectivity index (χ1v) is 5.10. The van der Waals surface area contributed by atoms with Gasteiger partial charge in [0.05, 0.1) is 28.7 Å². The smallest absolute Gasteiger partial charge is 0.307 e. The number of carbonyl (C=O) groups excluding carboxylic acids is 1. The number of carboxylic acids is 1. The predicted octanol–water partition coefficient (Wildman–Crippen LogP) is 1.39. The van der Waals surface area contributed by atoms with E-state index in [-0.39, 0.29) is 5.91 Å². The second-order valence-electron chi connectivity index (χ2n) is 3.63. The molecule has 1 fully saturated rings. The summed E-state index contributed by atoms with van der Waals surface area (Å²) in [6.07, 6.45) is 3.33. The number of nitrogens with one attached hydrogen (secondary N) is 1. The summed E-state index contributed by atoms with van der Waals surface area (Å²) in [6, 6.07) is 1.55. The fourth-order valence-electron chi connectivity index (χ4n) is 1.45. The molecule has 1 aromatic rings. The maximum absolute atomic E-state index is 11.6. The number of pyridine rings is 1. The van der Waals surface area contributed by atoms with Gasteiger partial charge < -0.3 is 10.4 Å². The third kappa shape index (κ3) is 2.14. The normalized spacial score (nSPS) is 22.6. The highest BCUT2D eigenvalue weighted by Gasteiger charge is 2.48. The van der Waals surface area contributed by atoms with Crippen molar-refractivity contribution in [2.45, 2.75) is 6.42 Å². The van der Waals surface area contributed by atoms with Gasteiger partial charge in [0, 0.05) is 6.20 Å². The third-order valence-electron chi connectivity index (χ3n) is 2.47. The SMILES string of the molecule is O=C(O)C1CC1C(=O)Nc1cnccc1Cl. The van der Waals surface area contributed by atoms with Gasteiger partial charge in [0.2, 0.25) is 5.91 Å². The van der Waals surface area contributed by atoms with E-state index in [0.717, 1.165) is 0 Å². The number of aliphatic carboxylic acids is 1. The lowest BCUT2D eigenvalue weighted by Crippen LogP contribution is -2.17. The first kappa shape index (κ1) is 10.9. The van der Waals surface area contributed by atoms with Crippen molar-refractivity contribution in [3.8, 4) is 0 Å². The van der Waals surface area contributed by atoms with Gasteiger partial charge >= 0.3 is 5.97 Å². The summed E-state index contributed by atoms with van der Waals surface area (Å²) in [5.41, 5.74) is 0.408. The van der Waals surface area contributed by atoms with Crippen LogP contribution in [0.5, 0.6) is 0 Å². The van der Waals surface area contributed by atoms with E-state index in [1.165, 1.54) is 12.4 Å². The minimum absolute atomic E-state index is 0.317. The van der Waals surface area contributed by atoms with Gasteiger partial charge in [-0.1, -0.05) is 11.6 Å². The zero-order valence-electron chi connectivity index (χ0n) is 8.18. The molecule has 2 rings (SSSR count). The molecule has 1 aromatic heterocycles. The number of carboxylic acid groups (broad SMARTS) is 1. The second-order valence-corrected chi connectivity index (χ2v) is 4.04. The van der Waals surface area contributed by atoms with Crippen molar-refractivity contribution in [1.82, 2.24) is 4.98 Å². The molecule has 1 amide bonds. The molecule has 1 saturated carbocycles. The first-order valence-electron chi connectivity index (χ1n) is 4.73. The van der Waals surface area contributed by atoms with Gasteiger partial charge in [0.1, 0.15) is 0 Å². The van der Waals surface area contributed by atoms with E-state index < -0.39 is 17.8 Å². The monoisotopic (exact) mass is 240 g/mol. The first-order chi connectivity index (χ1) is 7.59. The van der Waals surface area contributed by atoms with Gasteiger partial charge in [0.15, 0.2) is 0 Å². The fraction of sp³-hybridized carbons (Fsp3) is 0.300. The molecule has 84 valence electrons. The number of nitrogens with zero attached hydrogens (tertiary/aromatic N) is 1. The highest BCUT2D eigenvalue weighted by molar-refractivity contribution is 6.33. The van der Waals surface area contributed by atoms with Gasteiger partial charge in [0.25, 0.3) is 0 Å². The highest BCUT2D eigenvalue weighted by Crippen LogP contribution is 2.39. The van der Waals surface area contributed by atoms with Crippen molar-refractivity contribution in [3.63, 3.8) is 0 Å². The van der Waals surface area contributed by atoms with Crippen LogP contribution in [0, 0.1) is 11.8 Å². The molecule has 0 saturated heterocycles. The summed E-state index contributed by atoms with van der Waals surface area (Å²) in [5, 5.41) is 11.6. The van der Waals surface area contributed by atoms with Crippen LogP contribution in [0.3, 0.4) is 0 Å². The Labute approximate surface area is 96.4 Å². The van der Waals surface area contributed by atoms with Crippen LogP contribution in [0.2, 0.25) is 5.02 Å². The molecule has 2 N–H and O–H groups in total. The van der Waals surface area contributed by atoms with Crippen molar-refractivity contribution in [1.29, 1.82) is 0 Å². The Hall–Kier alpha value is -1.62. The number of halogens is 1. The molecule has 0 spiro atoms. The van der Waals surface area contributed by atoms with Crippen LogP contribution in [-0.4, -0.2) is 22.0 Å². The van der Waals surface area contributed by atoms with Crippen LogP contribution in [0.4, 0.5) is 5.69 Å². The van der Waals surface area contributed by atoms with Crippen molar-refractivity contribution >= 4 is 29.2 Å². The predicted molar refractivity (Wildman–Crippen MR) is 57.1 cm³/mol. The number of hydrogen-bond donors (Lipinski definition) is 2. The van der Waals surface area contributed by atoms with Gasteiger partial charge in [-0.3, -0.25) is 14.6 Å². The number of carbonyl (C=O) groups is 2. The third-order valence-corrected chi connectivity index (χ3v) is 2.80. The summed E-state index contributed by atoms with van der Waals surface area (Å²) in [5.74, 6) is -2.26. The molecule has 0 bridgehead atoms. The summed E-state index contributed by atoms with van der Waals surface area (Å²) in [7, 11) is 0. The molecule has 0 aliphatic heterocycles. The Morgan fingerprint density at radius 2 is 2.25 bits per heavy atom. The molecule has 0 aromatic carbocycles. The molecular formula is C10H9ClN2O3. The maximum atomic E-state index is 11.6. The molecule has 6 heteroatoms. The number of anilines is 1. The van der Waals surface area contributed by atoms with Crippen LogP contribution in [0.15, 0.2) is 18.5 Å². The van der Waals surface area contributed by atoms with Crippen molar-refractivity contribution in [2.75, 3.05) is 5.32 Å². The Morgan fingerprint density at radius 1 is 1.50 bits per heavy atom. The van der Waals surface area contributed by atoms with Gasteiger partial charge in [-0.2, -0.15) is 0 Å². The Balaban J connectivity index is 1.99. The van der Waals surface area contributed by atoms with Crippen molar-refractivity contribution in [3.05, 3.63) is 23.5 Å². The second kappa shape index (κ2) is 4.09. The standard InChI is InChI=1S/C10H9ClN2O3/c11-7-1-2-12-4-8(7)13-9(14)5-3-6(5)10(15)16/h1-2,4-6H,3H2,(H,13,14)(H,15,16). The van der Waals surface area contributed by atoms with Gasteiger partial charge in [-0.25, -0.2) is 0 Å². The maximum Gasteiger partial charge on any atom is 0.307 e. The lowest BCUT2D eigenvalue weighted by atomic mass is 10.3. The Bertz CT molecular complexity index is 449. The van der Waals surface area contributed by atoms with Gasteiger partial charge in [-0.15, -0.1) is 0 Å². The Morgan fingerprint density at radius 3 is 2.81 bits per heavy atom. The Kier molecular flexibility index (Phi) is 2.78. The highest BCUT2D eigenvalue weighted by atomic mass is 35.5. The molecule has 1 heterocycles. The summed E-state index contributed by atoms with van der Waals surface area (Å²) in [4.78, 5) is 26.0. The van der Waals surface area contributed by atoms with Crippen LogP contribution >= 0.6 is 11.6 Å². The van der Waals surface area contributed by atoms with E-state index >= 15 is 0 Å². The minimum Gasteiger partial charge on any atom is -0.481 e. The van der Waals surface area contributed by atoms with Crippen LogP contribution in [-0.2, 0) is 9.59 Å². The molecular weight excluding hydrogens is 232 g/mol. The number of hydrogen-bond acceptors (Lipinski definition) is 3. The van der Waals surface area contributed by atoms with E-state index in [2.05, 4.69) is 10.3 Å². The van der Waals surface area contributed by atoms with E-state index in [1.807, 2.05) is 0 Å². The van der Waals surface area contributed by atoms with Crippen LogP contribution < -0.4 is 5.32 Å². The zero-order chi connectivity index (χ0) is 11.7. The average molecular weight is 241 g/mol. The fourth-order valence-corrected chi connectivity index (χ4v) is 1.60.